The van der Waals surface area contributed by atoms with E-state index in [2.05, 4.69) is 13.8 Å². The van der Waals surface area contributed by atoms with Crippen LogP contribution in [0.2, 0.25) is 0 Å². The topological polar surface area (TPSA) is 52.6 Å². The maximum atomic E-state index is 11.7. The van der Waals surface area contributed by atoms with Crippen LogP contribution in [-0.2, 0) is 18.8 Å². The van der Waals surface area contributed by atoms with Gasteiger partial charge in [0.05, 0.1) is 13.2 Å². The van der Waals surface area contributed by atoms with Gasteiger partial charge >= 0.3 is 10.4 Å². The van der Waals surface area contributed by atoms with Crippen LogP contribution in [0.15, 0.2) is 0 Å². The van der Waals surface area contributed by atoms with Crippen molar-refractivity contribution in [1.82, 2.24) is 0 Å². The summed E-state index contributed by atoms with van der Waals surface area (Å²) in [6.45, 7) is 4.98. The molecule has 0 N–H and O–H groups in total. The third-order valence-corrected chi connectivity index (χ3v) is 6.36. The maximum absolute atomic E-state index is 11.7. The third kappa shape index (κ3) is 26.7. The standard InChI is InChI=1S/C24H50O4S.Sn/c1-3-5-7-9-11-13-15-17-19-21-23-27-29(25,26)28-24-22-20-18-16-14-12-10-8-6-4-2;/h3-24H2,1-2H3;. The second kappa shape index (κ2) is 25.9. The average Bonchev–Trinajstić information content (AvgIpc) is 2.70. The molecule has 6 heteroatoms. The number of hydrogen-bond donors (Lipinski definition) is 0. The van der Waals surface area contributed by atoms with Crippen molar-refractivity contribution in [2.75, 3.05) is 13.2 Å². The SMILES string of the molecule is CCCCCCCCCCCCOS(=O)(=O)OCCCCCCCCCCCC.[Sn]. The summed E-state index contributed by atoms with van der Waals surface area (Å²) < 4.78 is 33.3. The molecule has 0 aliphatic heterocycles. The summed E-state index contributed by atoms with van der Waals surface area (Å²) in [4.78, 5) is 0. The molecule has 0 aromatic rings. The first-order valence-corrected chi connectivity index (χ1v) is 14.0. The van der Waals surface area contributed by atoms with Gasteiger partial charge < -0.3 is 0 Å². The van der Waals surface area contributed by atoms with Crippen LogP contribution in [0.5, 0.6) is 0 Å². The van der Waals surface area contributed by atoms with E-state index in [1.807, 2.05) is 0 Å². The van der Waals surface area contributed by atoms with E-state index < -0.39 is 10.4 Å². The van der Waals surface area contributed by atoms with Crippen LogP contribution in [-0.4, -0.2) is 45.5 Å². The molecule has 0 aliphatic rings. The fourth-order valence-corrected chi connectivity index (χ4v) is 4.25. The maximum Gasteiger partial charge on any atom is 0.399 e. The zero-order valence-electron chi connectivity index (χ0n) is 20.1. The molecule has 0 atom stereocenters. The molecule has 0 aromatic carbocycles. The molecule has 0 saturated carbocycles. The van der Waals surface area contributed by atoms with Gasteiger partial charge in [-0.05, 0) is 12.8 Å². The summed E-state index contributed by atoms with van der Waals surface area (Å²) in [5.74, 6) is 0. The number of unbranched alkanes of at least 4 members (excludes halogenated alkanes) is 18. The largest absolute Gasteiger partial charge is 0.399 e. The number of hydrogen-bond acceptors (Lipinski definition) is 4. The van der Waals surface area contributed by atoms with Gasteiger partial charge in [-0.25, -0.2) is 8.37 Å². The normalized spacial score (nSPS) is 11.5. The summed E-state index contributed by atoms with van der Waals surface area (Å²) >= 11 is 0. The van der Waals surface area contributed by atoms with Gasteiger partial charge in [0.1, 0.15) is 0 Å². The van der Waals surface area contributed by atoms with E-state index in [4.69, 9.17) is 8.37 Å². The Kier molecular flexibility index (Phi) is 28.4. The van der Waals surface area contributed by atoms with Gasteiger partial charge in [-0.3, -0.25) is 0 Å². The Balaban J connectivity index is 0. The average molecular weight is 553 g/mol. The smallest absolute Gasteiger partial charge is 0.248 e. The van der Waals surface area contributed by atoms with Crippen molar-refractivity contribution < 1.29 is 16.8 Å². The summed E-state index contributed by atoms with van der Waals surface area (Å²) in [5, 5.41) is 0. The van der Waals surface area contributed by atoms with Crippen molar-refractivity contribution in [1.29, 1.82) is 0 Å². The Bertz CT molecular complexity index is 383. The second-order valence-corrected chi connectivity index (χ2v) is 9.70. The summed E-state index contributed by atoms with van der Waals surface area (Å²) in [6.07, 6.45) is 24.4. The molecule has 4 radical (unpaired) electrons. The van der Waals surface area contributed by atoms with E-state index in [-0.39, 0.29) is 37.1 Å². The predicted octanol–water partition coefficient (Wildman–Crippen LogP) is 7.73. The van der Waals surface area contributed by atoms with Gasteiger partial charge in [-0.15, -0.1) is 0 Å². The minimum Gasteiger partial charge on any atom is -0.248 e. The molecule has 0 spiro atoms. The molecule has 0 rings (SSSR count). The van der Waals surface area contributed by atoms with Gasteiger partial charge in [0.2, 0.25) is 0 Å². The van der Waals surface area contributed by atoms with Gasteiger partial charge in [0.15, 0.2) is 0 Å². The molecule has 180 valence electrons. The molecule has 4 nitrogen and oxygen atoms in total. The van der Waals surface area contributed by atoms with E-state index in [9.17, 15) is 8.42 Å². The Morgan fingerprint density at radius 1 is 0.433 bits per heavy atom. The molecule has 0 unspecified atom stereocenters. The third-order valence-electron chi connectivity index (χ3n) is 5.45. The van der Waals surface area contributed by atoms with Crippen molar-refractivity contribution in [3.63, 3.8) is 0 Å². The molecular formula is C24H50O4SSn. The zero-order valence-corrected chi connectivity index (χ0v) is 23.8. The van der Waals surface area contributed by atoms with Crippen LogP contribution in [0, 0.1) is 0 Å². The molecular weight excluding hydrogens is 503 g/mol. The first-order chi connectivity index (χ1) is 14.1. The van der Waals surface area contributed by atoms with E-state index in [0.29, 0.717) is 0 Å². The molecule has 0 aromatic heterocycles. The van der Waals surface area contributed by atoms with Crippen molar-refractivity contribution in [3.05, 3.63) is 0 Å². The Morgan fingerprint density at radius 3 is 0.933 bits per heavy atom. The first kappa shape index (κ1) is 32.8. The summed E-state index contributed by atoms with van der Waals surface area (Å²) in [5.41, 5.74) is 0. The van der Waals surface area contributed by atoms with Crippen molar-refractivity contribution in [2.24, 2.45) is 0 Å². The molecule has 0 aliphatic carbocycles. The van der Waals surface area contributed by atoms with Crippen LogP contribution in [0.4, 0.5) is 0 Å². The fourth-order valence-electron chi connectivity index (χ4n) is 3.53. The van der Waals surface area contributed by atoms with E-state index in [0.717, 1.165) is 38.5 Å². The van der Waals surface area contributed by atoms with Crippen molar-refractivity contribution in [2.45, 2.75) is 142 Å². The van der Waals surface area contributed by atoms with Crippen LogP contribution in [0.25, 0.3) is 0 Å². The fraction of sp³-hybridized carbons (Fsp3) is 1.00. The van der Waals surface area contributed by atoms with Crippen LogP contribution < -0.4 is 0 Å². The van der Waals surface area contributed by atoms with Gasteiger partial charge in [-0.1, -0.05) is 129 Å². The van der Waals surface area contributed by atoms with Crippen LogP contribution in [0.1, 0.15) is 142 Å². The van der Waals surface area contributed by atoms with Crippen molar-refractivity contribution in [3.8, 4) is 0 Å². The zero-order chi connectivity index (χ0) is 21.5. The number of rotatable bonds is 24. The molecule has 30 heavy (non-hydrogen) atoms. The van der Waals surface area contributed by atoms with Crippen molar-refractivity contribution >= 4 is 34.3 Å². The van der Waals surface area contributed by atoms with E-state index >= 15 is 0 Å². The summed E-state index contributed by atoms with van der Waals surface area (Å²) in [7, 11) is -3.80. The quantitative estimate of drug-likeness (QED) is 0.0907. The summed E-state index contributed by atoms with van der Waals surface area (Å²) in [6, 6.07) is 0. The molecule has 0 bridgehead atoms. The van der Waals surface area contributed by atoms with E-state index in [1.165, 1.54) is 89.9 Å². The molecule has 0 amide bonds. The Labute approximate surface area is 205 Å². The van der Waals surface area contributed by atoms with Crippen LogP contribution >= 0.6 is 0 Å². The minimum absolute atomic E-state index is 0. The Hall–Kier alpha value is 0.669. The second-order valence-electron chi connectivity index (χ2n) is 8.42. The van der Waals surface area contributed by atoms with Gasteiger partial charge in [0.25, 0.3) is 0 Å². The van der Waals surface area contributed by atoms with E-state index in [1.54, 1.807) is 0 Å². The van der Waals surface area contributed by atoms with Crippen LogP contribution in [0.3, 0.4) is 0 Å². The molecule has 0 heterocycles. The predicted molar refractivity (Wildman–Crippen MR) is 130 cm³/mol. The Morgan fingerprint density at radius 2 is 0.667 bits per heavy atom. The first-order valence-electron chi connectivity index (χ1n) is 12.7. The monoisotopic (exact) mass is 554 g/mol. The van der Waals surface area contributed by atoms with Gasteiger partial charge in [-0.2, -0.15) is 8.42 Å². The molecule has 0 saturated heterocycles. The van der Waals surface area contributed by atoms with Gasteiger partial charge in [0, 0.05) is 23.9 Å². The minimum atomic E-state index is -3.80. The molecule has 0 fully saturated rings.